The first-order chi connectivity index (χ1) is 16.9. The summed E-state index contributed by atoms with van der Waals surface area (Å²) in [5, 5.41) is 16.5. The molecule has 10 nitrogen and oxygen atoms in total. The molecule has 0 bridgehead atoms. The number of hydrogen-bond acceptors (Lipinski definition) is 8. The Kier molecular flexibility index (Phi) is 6.14. The third-order valence-corrected chi connectivity index (χ3v) is 5.70. The zero-order valence-corrected chi connectivity index (χ0v) is 18.9. The van der Waals surface area contributed by atoms with Gasteiger partial charge in [0.2, 0.25) is 5.82 Å². The highest BCUT2D eigenvalue weighted by Gasteiger charge is 2.40. The fourth-order valence-electron chi connectivity index (χ4n) is 3.78. The molecule has 0 aliphatic carbocycles. The van der Waals surface area contributed by atoms with Crippen molar-refractivity contribution in [2.45, 2.75) is 12.8 Å². The number of rotatable bonds is 6. The van der Waals surface area contributed by atoms with Crippen molar-refractivity contribution >= 4 is 28.2 Å². The van der Waals surface area contributed by atoms with Crippen molar-refractivity contribution in [3.63, 3.8) is 0 Å². The quantitative estimate of drug-likeness (QED) is 0.332. The van der Waals surface area contributed by atoms with Crippen LogP contribution in [0.4, 0.5) is 8.78 Å². The molecule has 4 heterocycles. The minimum atomic E-state index is -3.47. The summed E-state index contributed by atoms with van der Waals surface area (Å²) in [6, 6.07) is 10.7. The smallest absolute Gasteiger partial charge is 0.333 e. The normalized spacial score (nSPS) is 15.6. The summed E-state index contributed by atoms with van der Waals surface area (Å²) in [7, 11) is 0. The van der Waals surface area contributed by atoms with Crippen LogP contribution in [0.2, 0.25) is 0 Å². The number of carbonyl (C=O) groups is 1. The first kappa shape index (κ1) is 22.9. The minimum Gasteiger partial charge on any atom is -0.379 e. The molecule has 0 spiro atoms. The zero-order valence-electron chi connectivity index (χ0n) is 18.9. The maximum Gasteiger partial charge on any atom is 0.333 e. The Morgan fingerprint density at radius 2 is 2.00 bits per heavy atom. The molecular formula is C23H22F2N8O2. The second-order valence-corrected chi connectivity index (χ2v) is 8.12. The molecule has 1 aliphatic heterocycles. The van der Waals surface area contributed by atoms with Gasteiger partial charge in [-0.05, 0) is 37.3 Å². The maximum atomic E-state index is 15.5. The topological polar surface area (TPSA) is 110 Å². The van der Waals surface area contributed by atoms with Crippen molar-refractivity contribution in [3.8, 4) is 0 Å². The van der Waals surface area contributed by atoms with E-state index in [9.17, 15) is 4.79 Å². The van der Waals surface area contributed by atoms with Crippen LogP contribution in [-0.2, 0) is 15.5 Å². The summed E-state index contributed by atoms with van der Waals surface area (Å²) in [6.45, 7) is 4.33. The Morgan fingerprint density at radius 1 is 1.17 bits per heavy atom. The van der Waals surface area contributed by atoms with Crippen LogP contribution in [0, 0.1) is 0 Å². The number of carbonyl (C=O) groups excluding carboxylic acids is 1. The number of halogens is 2. The van der Waals surface area contributed by atoms with E-state index in [1.165, 1.54) is 24.3 Å². The van der Waals surface area contributed by atoms with Crippen LogP contribution >= 0.6 is 0 Å². The fourth-order valence-corrected chi connectivity index (χ4v) is 3.78. The van der Waals surface area contributed by atoms with E-state index in [0.717, 1.165) is 4.52 Å². The monoisotopic (exact) mass is 480 g/mol. The Bertz CT molecular complexity index is 1420. The number of morpholine rings is 1. The predicted molar refractivity (Wildman–Crippen MR) is 123 cm³/mol. The molecule has 0 saturated carbocycles. The van der Waals surface area contributed by atoms with Gasteiger partial charge < -0.3 is 4.74 Å². The van der Waals surface area contributed by atoms with E-state index in [1.807, 2.05) is 4.90 Å². The SMILES string of the molecule is C/C(=N/NC(=O)CN1CCOCC1)c1ccc2nnc(C(F)(F)c3ccc4ncccc4c3)n2n1. The van der Waals surface area contributed by atoms with Crippen LogP contribution < -0.4 is 5.43 Å². The predicted octanol–water partition coefficient (Wildman–Crippen LogP) is 1.99. The van der Waals surface area contributed by atoms with Gasteiger partial charge in [-0.3, -0.25) is 14.7 Å². The standard InChI is InChI=1S/C23H22F2N8O2/c1-15(27-29-21(34)14-32-9-11-35-12-10-32)18-6-7-20-28-30-22(33(20)31-18)23(24,25)17-4-5-19-16(13-17)3-2-8-26-19/h2-8,13H,9-12,14H2,1H3,(H,29,34)/b27-15-. The van der Waals surface area contributed by atoms with E-state index >= 15 is 8.78 Å². The van der Waals surface area contributed by atoms with Crippen molar-refractivity contribution in [2.24, 2.45) is 5.10 Å². The fraction of sp³-hybridized carbons (Fsp3) is 0.304. The summed E-state index contributed by atoms with van der Waals surface area (Å²) < 4.78 is 37.3. The highest BCUT2D eigenvalue weighted by atomic mass is 19.3. The lowest BCUT2D eigenvalue weighted by atomic mass is 10.0. The van der Waals surface area contributed by atoms with Gasteiger partial charge in [-0.1, -0.05) is 12.1 Å². The third-order valence-electron chi connectivity index (χ3n) is 5.70. The molecule has 1 N–H and O–H groups in total. The van der Waals surface area contributed by atoms with Crippen LogP contribution in [0.1, 0.15) is 24.0 Å². The number of hydrogen-bond donors (Lipinski definition) is 1. The lowest BCUT2D eigenvalue weighted by Crippen LogP contribution is -2.42. The van der Waals surface area contributed by atoms with Gasteiger partial charge in [-0.2, -0.15) is 23.5 Å². The average molecular weight is 480 g/mol. The van der Waals surface area contributed by atoms with Gasteiger partial charge in [-0.15, -0.1) is 10.2 Å². The number of hydrazone groups is 1. The van der Waals surface area contributed by atoms with Gasteiger partial charge in [0.15, 0.2) is 5.65 Å². The number of nitrogens with one attached hydrogen (secondary N) is 1. The van der Waals surface area contributed by atoms with E-state index in [4.69, 9.17) is 4.74 Å². The van der Waals surface area contributed by atoms with E-state index < -0.39 is 11.7 Å². The summed E-state index contributed by atoms with van der Waals surface area (Å²) in [5.74, 6) is -4.37. The van der Waals surface area contributed by atoms with Gasteiger partial charge in [-0.25, -0.2) is 5.43 Å². The Labute approximate surface area is 198 Å². The van der Waals surface area contributed by atoms with E-state index in [2.05, 4.69) is 30.8 Å². The molecule has 4 aromatic rings. The van der Waals surface area contributed by atoms with Gasteiger partial charge in [0, 0.05) is 30.2 Å². The molecule has 5 rings (SSSR count). The molecular weight excluding hydrogens is 458 g/mol. The molecule has 1 aliphatic rings. The van der Waals surface area contributed by atoms with Crippen LogP contribution in [0.15, 0.2) is 53.8 Å². The first-order valence-electron chi connectivity index (χ1n) is 11.0. The van der Waals surface area contributed by atoms with Gasteiger partial charge in [0.1, 0.15) is 5.69 Å². The Morgan fingerprint density at radius 3 is 2.83 bits per heavy atom. The largest absolute Gasteiger partial charge is 0.379 e. The number of nitrogens with zero attached hydrogens (tertiary/aromatic N) is 7. The van der Waals surface area contributed by atoms with Crippen LogP contribution in [0.25, 0.3) is 16.6 Å². The molecule has 12 heteroatoms. The average Bonchev–Trinajstić information content (AvgIpc) is 3.32. The molecule has 3 aromatic heterocycles. The highest BCUT2D eigenvalue weighted by molar-refractivity contribution is 5.97. The van der Waals surface area contributed by atoms with Crippen LogP contribution in [0.3, 0.4) is 0 Å². The lowest BCUT2D eigenvalue weighted by Gasteiger charge is -2.25. The number of amides is 1. The molecule has 35 heavy (non-hydrogen) atoms. The second-order valence-electron chi connectivity index (χ2n) is 8.12. The number of ether oxygens (including phenoxy) is 1. The summed E-state index contributed by atoms with van der Waals surface area (Å²) in [4.78, 5) is 18.3. The number of fused-ring (bicyclic) bond motifs is 2. The number of aromatic nitrogens is 5. The van der Waals surface area contributed by atoms with Crippen molar-refractivity contribution in [1.82, 2.24) is 35.1 Å². The molecule has 0 atom stereocenters. The Hall–Kier alpha value is -3.90. The number of alkyl halides is 2. The van der Waals surface area contributed by atoms with Gasteiger partial charge >= 0.3 is 5.92 Å². The highest BCUT2D eigenvalue weighted by Crippen LogP contribution is 2.35. The minimum absolute atomic E-state index is 0.162. The van der Waals surface area contributed by atoms with Gasteiger partial charge in [0.25, 0.3) is 5.91 Å². The third kappa shape index (κ3) is 4.70. The first-order valence-corrected chi connectivity index (χ1v) is 11.0. The molecule has 0 radical (unpaired) electrons. The number of pyridine rings is 1. The molecule has 1 aromatic carbocycles. The second kappa shape index (κ2) is 9.39. The van der Waals surface area contributed by atoms with E-state index in [1.54, 1.807) is 31.3 Å². The Balaban J connectivity index is 1.39. The van der Waals surface area contributed by atoms with Crippen molar-refractivity contribution < 1.29 is 18.3 Å². The summed E-state index contributed by atoms with van der Waals surface area (Å²) in [5.41, 5.74) is 3.66. The molecule has 1 amide bonds. The summed E-state index contributed by atoms with van der Waals surface area (Å²) in [6.07, 6.45) is 1.60. The van der Waals surface area contributed by atoms with E-state index in [0.29, 0.717) is 48.6 Å². The van der Waals surface area contributed by atoms with Crippen LogP contribution in [0.5, 0.6) is 0 Å². The lowest BCUT2D eigenvalue weighted by molar-refractivity contribution is -0.123. The van der Waals surface area contributed by atoms with Crippen LogP contribution in [-0.4, -0.2) is 74.2 Å². The van der Waals surface area contributed by atoms with Crippen molar-refractivity contribution in [1.29, 1.82) is 0 Å². The zero-order chi connectivity index (χ0) is 24.4. The molecule has 180 valence electrons. The maximum absolute atomic E-state index is 15.5. The summed E-state index contributed by atoms with van der Waals surface area (Å²) >= 11 is 0. The van der Waals surface area contributed by atoms with E-state index in [-0.39, 0.29) is 23.7 Å². The molecule has 0 unspecified atom stereocenters. The van der Waals surface area contributed by atoms with Crippen molar-refractivity contribution in [3.05, 3.63) is 65.7 Å². The van der Waals surface area contributed by atoms with Crippen molar-refractivity contribution in [2.75, 3.05) is 32.8 Å². The van der Waals surface area contributed by atoms with Gasteiger partial charge in [0.05, 0.1) is 31.0 Å². The molecule has 1 saturated heterocycles. The molecule has 1 fully saturated rings. The number of benzene rings is 1.